The summed E-state index contributed by atoms with van der Waals surface area (Å²) in [7, 11) is 0. The summed E-state index contributed by atoms with van der Waals surface area (Å²) in [6, 6.07) is 13.6. The SMILES string of the molecule is Clc1ccc(-c2noc(-c3ccc4c(c3)NCC4)n2)cc1. The van der Waals surface area contributed by atoms with Crippen molar-refractivity contribution in [1.29, 1.82) is 0 Å². The van der Waals surface area contributed by atoms with Crippen LogP contribution in [0.15, 0.2) is 47.0 Å². The number of nitrogens with one attached hydrogen (secondary N) is 1. The molecule has 0 saturated carbocycles. The largest absolute Gasteiger partial charge is 0.384 e. The van der Waals surface area contributed by atoms with Crippen molar-refractivity contribution in [3.63, 3.8) is 0 Å². The van der Waals surface area contributed by atoms with Crippen molar-refractivity contribution in [1.82, 2.24) is 10.1 Å². The molecule has 0 unspecified atom stereocenters. The Bertz CT molecular complexity index is 796. The van der Waals surface area contributed by atoms with Gasteiger partial charge in [0.15, 0.2) is 0 Å². The molecule has 1 aliphatic heterocycles. The zero-order chi connectivity index (χ0) is 14.2. The summed E-state index contributed by atoms with van der Waals surface area (Å²) in [6.07, 6.45) is 1.06. The van der Waals surface area contributed by atoms with Crippen LogP contribution in [0.3, 0.4) is 0 Å². The van der Waals surface area contributed by atoms with Crippen LogP contribution in [0.25, 0.3) is 22.8 Å². The second kappa shape index (κ2) is 4.90. The third-order valence-corrected chi connectivity index (χ3v) is 3.85. The number of nitrogens with zero attached hydrogens (tertiary/aromatic N) is 2. The van der Waals surface area contributed by atoms with Crippen LogP contribution in [0, 0.1) is 0 Å². The highest BCUT2D eigenvalue weighted by Crippen LogP contribution is 2.29. The molecule has 0 aliphatic carbocycles. The van der Waals surface area contributed by atoms with Gasteiger partial charge in [-0.05, 0) is 48.4 Å². The maximum Gasteiger partial charge on any atom is 0.258 e. The van der Waals surface area contributed by atoms with Gasteiger partial charge in [-0.1, -0.05) is 22.8 Å². The molecule has 4 rings (SSSR count). The van der Waals surface area contributed by atoms with E-state index in [4.69, 9.17) is 16.1 Å². The van der Waals surface area contributed by atoms with E-state index in [0.29, 0.717) is 16.7 Å². The molecule has 5 heteroatoms. The standard InChI is InChI=1S/C16H12ClN3O/c17-13-5-3-11(4-6-13)15-19-16(21-20-15)12-2-1-10-7-8-18-14(10)9-12/h1-6,9,18H,7-8H2. The lowest BCUT2D eigenvalue weighted by atomic mass is 10.1. The van der Waals surface area contributed by atoms with Crippen LogP contribution in [0.5, 0.6) is 0 Å². The van der Waals surface area contributed by atoms with Gasteiger partial charge in [0.05, 0.1) is 0 Å². The van der Waals surface area contributed by atoms with Crippen LogP contribution < -0.4 is 5.32 Å². The average molecular weight is 298 g/mol. The Hall–Kier alpha value is -2.33. The Kier molecular flexibility index (Phi) is 2.89. The lowest BCUT2D eigenvalue weighted by Gasteiger charge is -2.00. The Balaban J connectivity index is 1.69. The van der Waals surface area contributed by atoms with Crippen molar-refractivity contribution in [3.8, 4) is 22.8 Å². The van der Waals surface area contributed by atoms with Gasteiger partial charge in [-0.25, -0.2) is 0 Å². The highest BCUT2D eigenvalue weighted by atomic mass is 35.5. The van der Waals surface area contributed by atoms with Crippen molar-refractivity contribution >= 4 is 17.3 Å². The molecule has 0 spiro atoms. The minimum atomic E-state index is 0.524. The molecule has 21 heavy (non-hydrogen) atoms. The van der Waals surface area contributed by atoms with Gasteiger partial charge in [0.25, 0.3) is 5.89 Å². The fourth-order valence-corrected chi connectivity index (χ4v) is 2.61. The van der Waals surface area contributed by atoms with Gasteiger partial charge in [-0.15, -0.1) is 0 Å². The highest BCUT2D eigenvalue weighted by Gasteiger charge is 2.15. The number of hydrogen-bond acceptors (Lipinski definition) is 4. The fourth-order valence-electron chi connectivity index (χ4n) is 2.48. The summed E-state index contributed by atoms with van der Waals surface area (Å²) < 4.78 is 5.37. The van der Waals surface area contributed by atoms with Crippen molar-refractivity contribution in [2.75, 3.05) is 11.9 Å². The fraction of sp³-hybridized carbons (Fsp3) is 0.125. The van der Waals surface area contributed by atoms with E-state index in [9.17, 15) is 0 Å². The monoisotopic (exact) mass is 297 g/mol. The molecule has 0 radical (unpaired) electrons. The van der Waals surface area contributed by atoms with Crippen molar-refractivity contribution in [2.24, 2.45) is 0 Å². The lowest BCUT2D eigenvalue weighted by molar-refractivity contribution is 0.432. The number of aromatic nitrogens is 2. The molecule has 0 atom stereocenters. The molecule has 1 aromatic heterocycles. The molecule has 0 bridgehead atoms. The predicted molar refractivity (Wildman–Crippen MR) is 82.4 cm³/mol. The Morgan fingerprint density at radius 1 is 1.05 bits per heavy atom. The molecule has 2 heterocycles. The van der Waals surface area contributed by atoms with E-state index in [-0.39, 0.29) is 0 Å². The van der Waals surface area contributed by atoms with E-state index in [1.165, 1.54) is 5.56 Å². The quantitative estimate of drug-likeness (QED) is 0.776. The van der Waals surface area contributed by atoms with E-state index < -0.39 is 0 Å². The van der Waals surface area contributed by atoms with Crippen LogP contribution >= 0.6 is 11.6 Å². The molecule has 0 saturated heterocycles. The maximum atomic E-state index is 5.88. The summed E-state index contributed by atoms with van der Waals surface area (Å²) in [4.78, 5) is 4.46. The summed E-state index contributed by atoms with van der Waals surface area (Å²) in [5.41, 5.74) is 4.29. The minimum absolute atomic E-state index is 0.524. The van der Waals surface area contributed by atoms with E-state index in [2.05, 4.69) is 27.6 Å². The van der Waals surface area contributed by atoms with Crippen molar-refractivity contribution in [3.05, 3.63) is 53.1 Å². The molecule has 1 aliphatic rings. The topological polar surface area (TPSA) is 51.0 Å². The van der Waals surface area contributed by atoms with Crippen LogP contribution in [-0.2, 0) is 6.42 Å². The normalized spacial score (nSPS) is 13.0. The van der Waals surface area contributed by atoms with Crippen LogP contribution in [-0.4, -0.2) is 16.7 Å². The molecule has 2 aromatic carbocycles. The number of benzene rings is 2. The summed E-state index contributed by atoms with van der Waals surface area (Å²) >= 11 is 5.88. The van der Waals surface area contributed by atoms with Gasteiger partial charge in [0, 0.05) is 28.4 Å². The first-order chi connectivity index (χ1) is 10.3. The van der Waals surface area contributed by atoms with Gasteiger partial charge in [0.2, 0.25) is 5.82 Å². The first kappa shape index (κ1) is 12.4. The number of halogens is 1. The molecule has 4 nitrogen and oxygen atoms in total. The van der Waals surface area contributed by atoms with Gasteiger partial charge in [-0.3, -0.25) is 0 Å². The number of fused-ring (bicyclic) bond motifs is 1. The van der Waals surface area contributed by atoms with Crippen molar-refractivity contribution in [2.45, 2.75) is 6.42 Å². The van der Waals surface area contributed by atoms with E-state index >= 15 is 0 Å². The van der Waals surface area contributed by atoms with Crippen molar-refractivity contribution < 1.29 is 4.52 Å². The number of rotatable bonds is 2. The molecule has 0 fully saturated rings. The molecule has 104 valence electrons. The van der Waals surface area contributed by atoms with Gasteiger partial charge in [-0.2, -0.15) is 4.98 Å². The Morgan fingerprint density at radius 2 is 1.86 bits per heavy atom. The molecule has 0 amide bonds. The van der Waals surface area contributed by atoms with Crippen LogP contribution in [0.2, 0.25) is 5.02 Å². The summed E-state index contributed by atoms with van der Waals surface area (Å²) in [5.74, 6) is 1.09. The molecule has 3 aromatic rings. The summed E-state index contributed by atoms with van der Waals surface area (Å²) in [5, 5.41) is 8.07. The third-order valence-electron chi connectivity index (χ3n) is 3.60. The zero-order valence-electron chi connectivity index (χ0n) is 11.1. The first-order valence-corrected chi connectivity index (χ1v) is 7.14. The molecular weight excluding hydrogens is 286 g/mol. The maximum absolute atomic E-state index is 5.88. The lowest BCUT2D eigenvalue weighted by Crippen LogP contribution is -1.91. The Labute approximate surface area is 126 Å². The van der Waals surface area contributed by atoms with E-state index in [1.807, 2.05) is 30.3 Å². The van der Waals surface area contributed by atoms with Gasteiger partial charge in [0.1, 0.15) is 0 Å². The molecular formula is C16H12ClN3O. The second-order valence-corrected chi connectivity index (χ2v) is 5.42. The smallest absolute Gasteiger partial charge is 0.258 e. The first-order valence-electron chi connectivity index (χ1n) is 6.76. The van der Waals surface area contributed by atoms with Crippen LogP contribution in [0.1, 0.15) is 5.56 Å². The van der Waals surface area contributed by atoms with Gasteiger partial charge < -0.3 is 9.84 Å². The summed E-state index contributed by atoms with van der Waals surface area (Å²) in [6.45, 7) is 0.985. The predicted octanol–water partition coefficient (Wildman–Crippen LogP) is 4.03. The minimum Gasteiger partial charge on any atom is -0.384 e. The number of anilines is 1. The van der Waals surface area contributed by atoms with Gasteiger partial charge >= 0.3 is 0 Å². The average Bonchev–Trinajstić information content (AvgIpc) is 3.16. The third kappa shape index (κ3) is 2.28. The van der Waals surface area contributed by atoms with E-state index in [0.717, 1.165) is 29.8 Å². The molecule has 1 N–H and O–H groups in total. The second-order valence-electron chi connectivity index (χ2n) is 4.98. The van der Waals surface area contributed by atoms with Crippen LogP contribution in [0.4, 0.5) is 5.69 Å². The van der Waals surface area contributed by atoms with E-state index in [1.54, 1.807) is 0 Å². The Morgan fingerprint density at radius 3 is 2.71 bits per heavy atom. The number of hydrogen-bond donors (Lipinski definition) is 1. The zero-order valence-corrected chi connectivity index (χ0v) is 11.9. The highest BCUT2D eigenvalue weighted by molar-refractivity contribution is 6.30.